The molecular formula is C17H20N2OS2. The van der Waals surface area contributed by atoms with Crippen molar-refractivity contribution >= 4 is 29.0 Å². The van der Waals surface area contributed by atoms with Gasteiger partial charge in [-0.15, -0.1) is 23.1 Å². The van der Waals surface area contributed by atoms with Crippen LogP contribution in [0.2, 0.25) is 0 Å². The highest BCUT2D eigenvalue weighted by Crippen LogP contribution is 2.33. The molecule has 1 heterocycles. The van der Waals surface area contributed by atoms with Crippen molar-refractivity contribution in [2.24, 2.45) is 11.7 Å². The molecule has 3 nitrogen and oxygen atoms in total. The molecule has 1 atom stereocenters. The minimum atomic E-state index is -0.00312. The number of nitrogens with one attached hydrogen (secondary N) is 1. The van der Waals surface area contributed by atoms with E-state index in [2.05, 4.69) is 22.8 Å². The molecule has 1 amide bonds. The van der Waals surface area contributed by atoms with Crippen LogP contribution in [0.4, 0.5) is 0 Å². The number of carbonyl (C=O) groups excluding carboxylic acids is 1. The summed E-state index contributed by atoms with van der Waals surface area (Å²) in [6.07, 6.45) is 2.36. The molecule has 0 spiro atoms. The molecule has 1 aromatic heterocycles. The Kier molecular flexibility index (Phi) is 5.18. The van der Waals surface area contributed by atoms with E-state index < -0.39 is 0 Å². The van der Waals surface area contributed by atoms with Crippen LogP contribution >= 0.6 is 23.1 Å². The summed E-state index contributed by atoms with van der Waals surface area (Å²) in [6, 6.07) is 12.1. The Morgan fingerprint density at radius 1 is 1.32 bits per heavy atom. The Hall–Kier alpha value is -1.30. The average molecular weight is 332 g/mol. The Labute approximate surface area is 139 Å². The SMILES string of the molecule is NCC(NC(=O)c1ccccc1SCc1cccs1)C1CC1. The molecule has 116 valence electrons. The van der Waals surface area contributed by atoms with Gasteiger partial charge in [-0.1, -0.05) is 18.2 Å². The zero-order chi connectivity index (χ0) is 15.4. The minimum Gasteiger partial charge on any atom is -0.348 e. The fourth-order valence-electron chi connectivity index (χ4n) is 2.44. The molecule has 1 saturated carbocycles. The first-order valence-electron chi connectivity index (χ1n) is 7.53. The predicted molar refractivity (Wildman–Crippen MR) is 93.4 cm³/mol. The third-order valence-electron chi connectivity index (χ3n) is 3.84. The van der Waals surface area contributed by atoms with Gasteiger partial charge in [0.05, 0.1) is 5.56 Å². The molecule has 1 aliphatic carbocycles. The predicted octanol–water partition coefficient (Wildman–Crippen LogP) is 3.51. The number of hydrogen-bond donors (Lipinski definition) is 2. The molecule has 0 radical (unpaired) electrons. The molecule has 1 fully saturated rings. The molecule has 5 heteroatoms. The normalized spacial score (nSPS) is 15.5. The van der Waals surface area contributed by atoms with Crippen molar-refractivity contribution in [1.82, 2.24) is 5.32 Å². The van der Waals surface area contributed by atoms with E-state index in [9.17, 15) is 4.79 Å². The first-order valence-corrected chi connectivity index (χ1v) is 9.39. The molecule has 1 aliphatic rings. The number of thiophene rings is 1. The summed E-state index contributed by atoms with van der Waals surface area (Å²) in [5, 5.41) is 5.18. The van der Waals surface area contributed by atoms with Crippen molar-refractivity contribution in [2.45, 2.75) is 29.5 Å². The van der Waals surface area contributed by atoms with Gasteiger partial charge in [0, 0.05) is 28.1 Å². The molecule has 0 saturated heterocycles. The van der Waals surface area contributed by atoms with Crippen molar-refractivity contribution in [2.75, 3.05) is 6.54 Å². The third kappa shape index (κ3) is 3.91. The zero-order valence-corrected chi connectivity index (χ0v) is 14.0. The molecule has 22 heavy (non-hydrogen) atoms. The highest BCUT2D eigenvalue weighted by molar-refractivity contribution is 7.98. The number of thioether (sulfide) groups is 1. The van der Waals surface area contributed by atoms with Crippen LogP contribution in [0.3, 0.4) is 0 Å². The Morgan fingerprint density at radius 3 is 2.82 bits per heavy atom. The lowest BCUT2D eigenvalue weighted by atomic mass is 10.1. The number of nitrogens with two attached hydrogens (primary N) is 1. The topological polar surface area (TPSA) is 55.1 Å². The summed E-state index contributed by atoms with van der Waals surface area (Å²) >= 11 is 3.46. The first kappa shape index (κ1) is 15.6. The summed E-state index contributed by atoms with van der Waals surface area (Å²) in [7, 11) is 0. The van der Waals surface area contributed by atoms with Crippen molar-refractivity contribution in [1.29, 1.82) is 0 Å². The lowest BCUT2D eigenvalue weighted by Gasteiger charge is -2.17. The molecule has 2 aromatic rings. The van der Waals surface area contributed by atoms with Gasteiger partial charge in [-0.25, -0.2) is 0 Å². The summed E-state index contributed by atoms with van der Waals surface area (Å²) in [4.78, 5) is 14.9. The van der Waals surface area contributed by atoms with Gasteiger partial charge in [0.25, 0.3) is 5.91 Å². The van der Waals surface area contributed by atoms with Crippen molar-refractivity contribution in [3.8, 4) is 0 Å². The van der Waals surface area contributed by atoms with Crippen LogP contribution in [-0.4, -0.2) is 18.5 Å². The van der Waals surface area contributed by atoms with E-state index in [1.807, 2.05) is 24.3 Å². The average Bonchev–Trinajstić information content (AvgIpc) is 3.26. The summed E-state index contributed by atoms with van der Waals surface area (Å²) in [5.41, 5.74) is 6.54. The van der Waals surface area contributed by atoms with Crippen molar-refractivity contribution in [3.63, 3.8) is 0 Å². The second-order valence-electron chi connectivity index (χ2n) is 5.52. The minimum absolute atomic E-state index is 0.00312. The van der Waals surface area contributed by atoms with Gasteiger partial charge in [0.2, 0.25) is 0 Å². The maximum Gasteiger partial charge on any atom is 0.252 e. The number of carbonyl (C=O) groups is 1. The largest absolute Gasteiger partial charge is 0.348 e. The fourth-order valence-corrected chi connectivity index (χ4v) is 4.26. The van der Waals surface area contributed by atoms with E-state index >= 15 is 0 Å². The lowest BCUT2D eigenvalue weighted by molar-refractivity contribution is 0.0930. The molecule has 3 rings (SSSR count). The maximum absolute atomic E-state index is 12.6. The van der Waals surface area contributed by atoms with E-state index in [0.717, 1.165) is 16.2 Å². The Bertz CT molecular complexity index is 623. The van der Waals surface area contributed by atoms with Gasteiger partial charge < -0.3 is 11.1 Å². The monoisotopic (exact) mass is 332 g/mol. The van der Waals surface area contributed by atoms with Gasteiger partial charge in [-0.3, -0.25) is 4.79 Å². The number of rotatable bonds is 7. The second kappa shape index (κ2) is 7.31. The van der Waals surface area contributed by atoms with E-state index in [1.54, 1.807) is 23.1 Å². The van der Waals surface area contributed by atoms with Crippen LogP contribution in [0.1, 0.15) is 28.1 Å². The summed E-state index contributed by atoms with van der Waals surface area (Å²) < 4.78 is 0. The smallest absolute Gasteiger partial charge is 0.252 e. The highest BCUT2D eigenvalue weighted by Gasteiger charge is 2.31. The quantitative estimate of drug-likeness (QED) is 0.763. The molecule has 3 N–H and O–H groups in total. The zero-order valence-electron chi connectivity index (χ0n) is 12.3. The fraction of sp³-hybridized carbons (Fsp3) is 0.353. The Balaban J connectivity index is 1.68. The number of benzene rings is 1. The van der Waals surface area contributed by atoms with Crippen LogP contribution in [0, 0.1) is 5.92 Å². The van der Waals surface area contributed by atoms with Crippen LogP contribution in [0.15, 0.2) is 46.7 Å². The molecule has 0 aliphatic heterocycles. The van der Waals surface area contributed by atoms with E-state index in [1.165, 1.54) is 17.7 Å². The van der Waals surface area contributed by atoms with E-state index in [4.69, 9.17) is 5.73 Å². The first-order chi connectivity index (χ1) is 10.8. The maximum atomic E-state index is 12.6. The van der Waals surface area contributed by atoms with Crippen LogP contribution in [-0.2, 0) is 5.75 Å². The molecular weight excluding hydrogens is 312 g/mol. The van der Waals surface area contributed by atoms with Gasteiger partial charge in [-0.05, 0) is 42.3 Å². The van der Waals surface area contributed by atoms with Gasteiger partial charge in [0.15, 0.2) is 0 Å². The highest BCUT2D eigenvalue weighted by atomic mass is 32.2. The molecule has 1 aromatic carbocycles. The number of amides is 1. The standard InChI is InChI=1S/C17H20N2OS2/c18-10-15(12-7-8-12)19-17(20)14-5-1-2-6-16(14)22-11-13-4-3-9-21-13/h1-6,9,12,15H,7-8,10-11,18H2,(H,19,20). The summed E-state index contributed by atoms with van der Waals surface area (Å²) in [5.74, 6) is 1.46. The van der Waals surface area contributed by atoms with E-state index in [-0.39, 0.29) is 11.9 Å². The number of hydrogen-bond acceptors (Lipinski definition) is 4. The third-order valence-corrected chi connectivity index (χ3v) is 6.02. The van der Waals surface area contributed by atoms with Crippen LogP contribution in [0.5, 0.6) is 0 Å². The molecule has 0 bridgehead atoms. The Morgan fingerprint density at radius 2 is 2.14 bits per heavy atom. The van der Waals surface area contributed by atoms with Crippen molar-refractivity contribution < 1.29 is 4.79 Å². The lowest BCUT2D eigenvalue weighted by Crippen LogP contribution is -2.41. The van der Waals surface area contributed by atoms with Crippen LogP contribution in [0.25, 0.3) is 0 Å². The van der Waals surface area contributed by atoms with Gasteiger partial charge in [-0.2, -0.15) is 0 Å². The van der Waals surface area contributed by atoms with Gasteiger partial charge >= 0.3 is 0 Å². The second-order valence-corrected chi connectivity index (χ2v) is 7.57. The van der Waals surface area contributed by atoms with Crippen molar-refractivity contribution in [3.05, 3.63) is 52.2 Å². The van der Waals surface area contributed by atoms with Crippen LogP contribution < -0.4 is 11.1 Å². The van der Waals surface area contributed by atoms with E-state index in [0.29, 0.717) is 12.5 Å². The molecule has 1 unspecified atom stereocenters. The summed E-state index contributed by atoms with van der Waals surface area (Å²) in [6.45, 7) is 0.515. The van der Waals surface area contributed by atoms with Gasteiger partial charge in [0.1, 0.15) is 0 Å².